The van der Waals surface area contributed by atoms with Gasteiger partial charge < -0.3 is 4.18 Å². The van der Waals surface area contributed by atoms with Gasteiger partial charge in [-0.05, 0) is 47.7 Å². The normalized spacial score (nSPS) is 14.7. The Bertz CT molecular complexity index is 1550. The van der Waals surface area contributed by atoms with Gasteiger partial charge in [-0.15, -0.1) is 0 Å². The molecule has 3 aromatic carbocycles. The topological polar surface area (TPSA) is 167 Å². The van der Waals surface area contributed by atoms with Gasteiger partial charge in [-0.1, -0.05) is 30.3 Å². The molecular weight excluding hydrogens is 526 g/mol. The predicted molar refractivity (Wildman–Crippen MR) is 132 cm³/mol. The van der Waals surface area contributed by atoms with Crippen molar-refractivity contribution >= 4 is 50.5 Å². The molecule has 0 saturated carbocycles. The van der Waals surface area contributed by atoms with Crippen LogP contribution in [0.1, 0.15) is 11.1 Å². The number of hydrogen-bond acceptors (Lipinski definition) is 10. The van der Waals surface area contributed by atoms with Crippen molar-refractivity contribution in [3.63, 3.8) is 0 Å². The molecule has 1 fully saturated rings. The molecule has 0 aliphatic carbocycles. The minimum atomic E-state index is -4.25. The molecule has 0 spiro atoms. The van der Waals surface area contributed by atoms with Crippen LogP contribution in [0.15, 0.2) is 82.6 Å². The molecule has 0 aromatic heterocycles. The highest BCUT2D eigenvalue weighted by Crippen LogP contribution is 2.34. The molecule has 1 aliphatic heterocycles. The van der Waals surface area contributed by atoms with E-state index in [0.717, 1.165) is 29.2 Å². The first-order valence-electron chi connectivity index (χ1n) is 10.3. The number of benzene rings is 3. The third-order valence-corrected chi connectivity index (χ3v) is 7.28. The number of non-ortho nitro benzene ring substituents is 1. The van der Waals surface area contributed by atoms with Crippen LogP contribution >= 0.6 is 11.8 Å². The maximum absolute atomic E-state index is 12.8. The van der Waals surface area contributed by atoms with Crippen LogP contribution in [0.4, 0.5) is 16.2 Å². The van der Waals surface area contributed by atoms with E-state index in [4.69, 9.17) is 4.18 Å². The van der Waals surface area contributed by atoms with Gasteiger partial charge in [0.05, 0.1) is 21.3 Å². The van der Waals surface area contributed by atoms with E-state index in [0.29, 0.717) is 17.3 Å². The molecule has 0 atom stereocenters. The zero-order valence-electron chi connectivity index (χ0n) is 18.5. The first-order chi connectivity index (χ1) is 17.5. The quantitative estimate of drug-likeness (QED) is 0.171. The summed E-state index contributed by atoms with van der Waals surface area (Å²) in [7, 11) is -4.25. The molecule has 0 bridgehead atoms. The highest BCUT2D eigenvalue weighted by atomic mass is 32.2. The third-order valence-electron chi connectivity index (χ3n) is 5.11. The molecule has 188 valence electrons. The number of thioether (sulfide) groups is 1. The van der Waals surface area contributed by atoms with Gasteiger partial charge in [-0.3, -0.25) is 34.7 Å². The van der Waals surface area contributed by atoms with Crippen LogP contribution < -0.4 is 4.18 Å². The number of nitrogens with zero attached hydrogens (tertiary/aromatic N) is 3. The fraction of sp³-hybridized carbons (Fsp3) is 0.0435. The molecule has 12 nitrogen and oxygen atoms in total. The van der Waals surface area contributed by atoms with Crippen LogP contribution in [0, 0.1) is 20.2 Å². The molecule has 37 heavy (non-hydrogen) atoms. The molecule has 1 saturated heterocycles. The lowest BCUT2D eigenvalue weighted by Gasteiger charge is -2.12. The minimum absolute atomic E-state index is 0.0417. The van der Waals surface area contributed by atoms with Gasteiger partial charge in [0.15, 0.2) is 0 Å². The summed E-state index contributed by atoms with van der Waals surface area (Å²) < 4.78 is 29.9. The SMILES string of the molecule is O=C1S/C(=C\c2ccc(OS(=O)(=O)c3ccc([N+](=O)[O-])cc3)cc2)C(=O)N1Cc1ccccc1[N+](=O)[O-]. The van der Waals surface area contributed by atoms with E-state index in [1.165, 1.54) is 48.5 Å². The predicted octanol–water partition coefficient (Wildman–Crippen LogP) is 4.51. The molecule has 0 N–H and O–H groups in total. The molecule has 3 aromatic rings. The van der Waals surface area contributed by atoms with Gasteiger partial charge in [-0.25, -0.2) is 0 Å². The smallest absolute Gasteiger partial charge is 0.339 e. The van der Waals surface area contributed by atoms with E-state index in [-0.39, 0.29) is 39.0 Å². The summed E-state index contributed by atoms with van der Waals surface area (Å²) >= 11 is 0.678. The monoisotopic (exact) mass is 541 g/mol. The first kappa shape index (κ1) is 25.5. The van der Waals surface area contributed by atoms with Crippen LogP contribution in [0.5, 0.6) is 5.75 Å². The van der Waals surface area contributed by atoms with Crippen molar-refractivity contribution in [1.82, 2.24) is 4.90 Å². The Morgan fingerprint density at radius 3 is 2.16 bits per heavy atom. The van der Waals surface area contributed by atoms with Crippen molar-refractivity contribution < 1.29 is 32.0 Å². The summed E-state index contributed by atoms with van der Waals surface area (Å²) in [5, 5.41) is 21.4. The zero-order valence-corrected chi connectivity index (χ0v) is 20.2. The van der Waals surface area contributed by atoms with Crippen molar-refractivity contribution in [2.45, 2.75) is 11.4 Å². The largest absolute Gasteiger partial charge is 0.379 e. The number of imide groups is 1. The molecule has 0 radical (unpaired) electrons. The summed E-state index contributed by atoms with van der Waals surface area (Å²) in [5.41, 5.74) is 0.211. The number of hydrogen-bond donors (Lipinski definition) is 0. The van der Waals surface area contributed by atoms with E-state index in [2.05, 4.69) is 0 Å². The van der Waals surface area contributed by atoms with E-state index >= 15 is 0 Å². The summed E-state index contributed by atoms with van der Waals surface area (Å²) in [6.07, 6.45) is 1.43. The maximum Gasteiger partial charge on any atom is 0.339 e. The van der Waals surface area contributed by atoms with Crippen molar-refractivity contribution in [1.29, 1.82) is 0 Å². The van der Waals surface area contributed by atoms with Crippen molar-refractivity contribution in [2.24, 2.45) is 0 Å². The second kappa shape index (κ2) is 10.2. The molecule has 2 amide bonds. The fourth-order valence-electron chi connectivity index (χ4n) is 3.31. The average Bonchev–Trinajstić information content (AvgIpc) is 3.12. The van der Waals surface area contributed by atoms with Crippen LogP contribution in [-0.4, -0.2) is 34.3 Å². The van der Waals surface area contributed by atoms with Gasteiger partial charge in [0, 0.05) is 23.8 Å². The average molecular weight is 542 g/mol. The van der Waals surface area contributed by atoms with Gasteiger partial charge in [0.2, 0.25) is 0 Å². The first-order valence-corrected chi connectivity index (χ1v) is 12.5. The second-order valence-electron chi connectivity index (χ2n) is 7.51. The van der Waals surface area contributed by atoms with Crippen molar-refractivity contribution in [3.05, 3.63) is 109 Å². The summed E-state index contributed by atoms with van der Waals surface area (Å²) in [4.78, 5) is 46.6. The Morgan fingerprint density at radius 2 is 1.54 bits per heavy atom. The molecule has 1 heterocycles. The van der Waals surface area contributed by atoms with Gasteiger partial charge in [0.1, 0.15) is 10.6 Å². The fourth-order valence-corrected chi connectivity index (χ4v) is 5.08. The lowest BCUT2D eigenvalue weighted by atomic mass is 10.1. The highest BCUT2D eigenvalue weighted by molar-refractivity contribution is 8.18. The van der Waals surface area contributed by atoms with E-state index in [1.54, 1.807) is 6.07 Å². The van der Waals surface area contributed by atoms with Gasteiger partial charge in [0.25, 0.3) is 22.5 Å². The minimum Gasteiger partial charge on any atom is -0.379 e. The van der Waals surface area contributed by atoms with Crippen LogP contribution in [-0.2, 0) is 21.5 Å². The number of amides is 2. The Labute approximate surface area is 213 Å². The molecule has 0 unspecified atom stereocenters. The number of nitro benzene ring substituents is 2. The van der Waals surface area contributed by atoms with Gasteiger partial charge in [-0.2, -0.15) is 8.42 Å². The van der Waals surface area contributed by atoms with Crippen molar-refractivity contribution in [3.8, 4) is 5.75 Å². The van der Waals surface area contributed by atoms with E-state index in [1.807, 2.05) is 0 Å². The number of para-hydroxylation sites is 1. The lowest BCUT2D eigenvalue weighted by molar-refractivity contribution is -0.385. The molecule has 4 rings (SSSR count). The Morgan fingerprint density at radius 1 is 0.892 bits per heavy atom. The summed E-state index contributed by atoms with van der Waals surface area (Å²) in [6, 6.07) is 15.6. The lowest BCUT2D eigenvalue weighted by Crippen LogP contribution is -2.27. The summed E-state index contributed by atoms with van der Waals surface area (Å²) in [6.45, 7) is -0.257. The van der Waals surface area contributed by atoms with E-state index in [9.17, 15) is 38.2 Å². The molecular formula is C23H15N3O9S2. The number of nitro groups is 2. The molecule has 14 heteroatoms. The van der Waals surface area contributed by atoms with Crippen molar-refractivity contribution in [2.75, 3.05) is 0 Å². The Hall–Kier alpha value is -4.56. The number of rotatable bonds is 8. The number of carbonyl (C=O) groups is 2. The van der Waals surface area contributed by atoms with Crippen LogP contribution in [0.2, 0.25) is 0 Å². The summed E-state index contributed by atoms with van der Waals surface area (Å²) in [5.74, 6) is -0.658. The highest BCUT2D eigenvalue weighted by Gasteiger charge is 2.36. The third kappa shape index (κ3) is 5.65. The Kier molecular flexibility index (Phi) is 7.04. The maximum atomic E-state index is 12.8. The number of carbonyl (C=O) groups excluding carboxylic acids is 2. The van der Waals surface area contributed by atoms with Gasteiger partial charge >= 0.3 is 10.1 Å². The Balaban J connectivity index is 1.47. The van der Waals surface area contributed by atoms with Crippen LogP contribution in [0.25, 0.3) is 6.08 Å². The van der Waals surface area contributed by atoms with Crippen LogP contribution in [0.3, 0.4) is 0 Å². The second-order valence-corrected chi connectivity index (χ2v) is 10.1. The molecule has 1 aliphatic rings. The zero-order chi connectivity index (χ0) is 26.7. The van der Waals surface area contributed by atoms with E-state index < -0.39 is 31.1 Å². The standard InChI is InChI=1S/C23H15N3O9S2/c27-22-21(36-23(28)24(22)14-16-3-1-2-4-20(16)26(31)32)13-15-5-9-18(10-6-15)35-37(33,34)19-11-7-17(8-12-19)25(29)30/h1-13H,14H2/b21-13-.